The number of hydrogen-bond acceptors (Lipinski definition) is 5. The predicted octanol–water partition coefficient (Wildman–Crippen LogP) is 0.237. The molecule has 2 unspecified atom stereocenters. The minimum Gasteiger partial charge on any atom is -0.498 e. The summed E-state index contributed by atoms with van der Waals surface area (Å²) in [5.41, 5.74) is 0.592. The van der Waals surface area contributed by atoms with Crippen molar-refractivity contribution in [2.45, 2.75) is 11.9 Å². The van der Waals surface area contributed by atoms with Gasteiger partial charge in [0.1, 0.15) is 12.9 Å². The van der Waals surface area contributed by atoms with E-state index in [1.807, 2.05) is 0 Å². The molecule has 3 rings (SSSR count). The SMILES string of the molecule is OC1OC2(C=COC2)c2ncncc21. The minimum atomic E-state index is -0.961. The molecule has 3 heterocycles. The third-order valence-electron chi connectivity index (χ3n) is 2.46. The van der Waals surface area contributed by atoms with E-state index in [4.69, 9.17) is 9.47 Å². The summed E-state index contributed by atoms with van der Waals surface area (Å²) < 4.78 is 10.5. The summed E-state index contributed by atoms with van der Waals surface area (Å²) in [5, 5.41) is 9.62. The first-order valence-electron chi connectivity index (χ1n) is 4.27. The second-order valence-electron chi connectivity index (χ2n) is 3.30. The quantitative estimate of drug-likeness (QED) is 0.637. The molecule has 0 amide bonds. The zero-order valence-corrected chi connectivity index (χ0v) is 7.25. The van der Waals surface area contributed by atoms with E-state index in [0.29, 0.717) is 17.9 Å². The number of ether oxygens (including phenoxy) is 2. The van der Waals surface area contributed by atoms with Crippen LogP contribution < -0.4 is 0 Å². The van der Waals surface area contributed by atoms with Crippen molar-refractivity contribution >= 4 is 0 Å². The fourth-order valence-corrected chi connectivity index (χ4v) is 1.79. The predicted molar refractivity (Wildman–Crippen MR) is 44.8 cm³/mol. The summed E-state index contributed by atoms with van der Waals surface area (Å²) >= 11 is 0. The lowest BCUT2D eigenvalue weighted by Crippen LogP contribution is -2.26. The summed E-state index contributed by atoms with van der Waals surface area (Å²) in [6.07, 6.45) is 5.36. The maximum Gasteiger partial charge on any atom is 0.186 e. The number of nitrogens with zero attached hydrogens (tertiary/aromatic N) is 2. The van der Waals surface area contributed by atoms with Gasteiger partial charge >= 0.3 is 0 Å². The number of aliphatic hydroxyl groups excluding tert-OH is 1. The van der Waals surface area contributed by atoms with E-state index in [1.165, 1.54) is 6.33 Å². The Morgan fingerprint density at radius 1 is 1.57 bits per heavy atom. The van der Waals surface area contributed by atoms with Crippen molar-refractivity contribution in [3.05, 3.63) is 36.1 Å². The molecule has 0 saturated heterocycles. The van der Waals surface area contributed by atoms with Crippen molar-refractivity contribution in [3.63, 3.8) is 0 Å². The highest BCUT2D eigenvalue weighted by molar-refractivity contribution is 5.34. The minimum absolute atomic E-state index is 0.355. The van der Waals surface area contributed by atoms with Gasteiger partial charge in [0.2, 0.25) is 0 Å². The summed E-state index contributed by atoms with van der Waals surface area (Å²) in [6.45, 7) is 0.355. The van der Waals surface area contributed by atoms with E-state index in [-0.39, 0.29) is 0 Å². The van der Waals surface area contributed by atoms with E-state index in [9.17, 15) is 5.11 Å². The highest BCUT2D eigenvalue weighted by atomic mass is 16.6. The maximum atomic E-state index is 9.62. The van der Waals surface area contributed by atoms with Gasteiger partial charge in [0, 0.05) is 6.20 Å². The Hall–Kier alpha value is -1.46. The average Bonchev–Trinajstić information content (AvgIpc) is 2.77. The van der Waals surface area contributed by atoms with E-state index in [2.05, 4.69) is 9.97 Å². The van der Waals surface area contributed by atoms with Crippen LogP contribution in [0.3, 0.4) is 0 Å². The van der Waals surface area contributed by atoms with Crippen molar-refractivity contribution in [1.29, 1.82) is 0 Å². The van der Waals surface area contributed by atoms with E-state index < -0.39 is 11.9 Å². The Morgan fingerprint density at radius 3 is 3.29 bits per heavy atom. The number of aromatic nitrogens is 2. The molecule has 1 aromatic heterocycles. The molecule has 2 atom stereocenters. The van der Waals surface area contributed by atoms with E-state index in [1.54, 1.807) is 18.5 Å². The van der Waals surface area contributed by atoms with Crippen LogP contribution in [-0.2, 0) is 15.1 Å². The van der Waals surface area contributed by atoms with E-state index in [0.717, 1.165) is 0 Å². The molecule has 1 spiro atoms. The highest BCUT2D eigenvalue weighted by Crippen LogP contribution is 2.43. The third-order valence-corrected chi connectivity index (χ3v) is 2.46. The molecule has 0 aliphatic carbocycles. The molecule has 0 radical (unpaired) electrons. The molecular formula is C9H8N2O3. The van der Waals surface area contributed by atoms with Crippen LogP contribution in [0.25, 0.3) is 0 Å². The van der Waals surface area contributed by atoms with Crippen LogP contribution in [0.2, 0.25) is 0 Å². The van der Waals surface area contributed by atoms with Crippen LogP contribution >= 0.6 is 0 Å². The van der Waals surface area contributed by atoms with Crippen LogP contribution in [0.5, 0.6) is 0 Å². The third kappa shape index (κ3) is 0.853. The topological polar surface area (TPSA) is 64.5 Å². The van der Waals surface area contributed by atoms with Crippen molar-refractivity contribution < 1.29 is 14.6 Å². The van der Waals surface area contributed by atoms with Gasteiger partial charge in [-0.3, -0.25) is 0 Å². The monoisotopic (exact) mass is 192 g/mol. The highest BCUT2D eigenvalue weighted by Gasteiger charge is 2.47. The largest absolute Gasteiger partial charge is 0.498 e. The van der Waals surface area contributed by atoms with Gasteiger partial charge in [-0.15, -0.1) is 0 Å². The lowest BCUT2D eigenvalue weighted by Gasteiger charge is -2.18. The lowest BCUT2D eigenvalue weighted by molar-refractivity contribution is -0.160. The standard InChI is InChI=1S/C9H8N2O3/c12-8-6-3-10-5-11-7(6)9(14-8)1-2-13-4-9/h1-3,5,8,12H,4H2. The first-order valence-corrected chi connectivity index (χ1v) is 4.27. The lowest BCUT2D eigenvalue weighted by atomic mass is 10.0. The smallest absolute Gasteiger partial charge is 0.186 e. The van der Waals surface area contributed by atoms with Gasteiger partial charge < -0.3 is 14.6 Å². The summed E-state index contributed by atoms with van der Waals surface area (Å²) in [6, 6.07) is 0. The summed E-state index contributed by atoms with van der Waals surface area (Å²) in [4.78, 5) is 7.96. The molecule has 5 heteroatoms. The fourth-order valence-electron chi connectivity index (χ4n) is 1.79. The molecule has 0 aromatic carbocycles. The molecule has 1 N–H and O–H groups in total. The van der Waals surface area contributed by atoms with Gasteiger partial charge in [-0.2, -0.15) is 0 Å². The first-order chi connectivity index (χ1) is 6.82. The van der Waals surface area contributed by atoms with Gasteiger partial charge in [0.05, 0.1) is 17.5 Å². The Labute approximate surface area is 80.0 Å². The second-order valence-corrected chi connectivity index (χ2v) is 3.30. The Bertz CT molecular complexity index is 407. The van der Waals surface area contributed by atoms with Crippen molar-refractivity contribution in [2.75, 3.05) is 6.61 Å². The van der Waals surface area contributed by atoms with Crippen molar-refractivity contribution in [1.82, 2.24) is 9.97 Å². The number of aliphatic hydroxyl groups is 1. The molecule has 0 bridgehead atoms. The molecule has 0 fully saturated rings. The van der Waals surface area contributed by atoms with Gasteiger partial charge in [0.15, 0.2) is 11.9 Å². The molecule has 2 aliphatic heterocycles. The Kier molecular flexibility index (Phi) is 1.42. The number of fused-ring (bicyclic) bond motifs is 2. The van der Waals surface area contributed by atoms with Crippen LogP contribution in [0.4, 0.5) is 0 Å². The van der Waals surface area contributed by atoms with Crippen molar-refractivity contribution in [2.24, 2.45) is 0 Å². The Balaban J connectivity index is 2.18. The van der Waals surface area contributed by atoms with Crippen LogP contribution in [0.1, 0.15) is 17.5 Å². The van der Waals surface area contributed by atoms with Gasteiger partial charge in [-0.25, -0.2) is 9.97 Å². The van der Waals surface area contributed by atoms with Gasteiger partial charge in [0.25, 0.3) is 0 Å². The molecular weight excluding hydrogens is 184 g/mol. The van der Waals surface area contributed by atoms with Crippen molar-refractivity contribution in [3.8, 4) is 0 Å². The van der Waals surface area contributed by atoms with Gasteiger partial charge in [-0.1, -0.05) is 0 Å². The fraction of sp³-hybridized carbons (Fsp3) is 0.333. The molecule has 72 valence electrons. The zero-order chi connectivity index (χ0) is 9.60. The number of rotatable bonds is 0. The molecule has 14 heavy (non-hydrogen) atoms. The van der Waals surface area contributed by atoms with Crippen LogP contribution in [-0.4, -0.2) is 21.7 Å². The second kappa shape index (κ2) is 2.52. The van der Waals surface area contributed by atoms with Crippen LogP contribution in [0, 0.1) is 0 Å². The molecule has 0 saturated carbocycles. The summed E-state index contributed by atoms with van der Waals surface area (Å²) in [5.74, 6) is 0. The van der Waals surface area contributed by atoms with Crippen LogP contribution in [0.15, 0.2) is 24.9 Å². The molecule has 2 aliphatic rings. The average molecular weight is 192 g/mol. The Morgan fingerprint density at radius 2 is 2.50 bits per heavy atom. The summed E-state index contributed by atoms with van der Waals surface area (Å²) in [7, 11) is 0. The molecule has 1 aromatic rings. The maximum absolute atomic E-state index is 9.62. The number of hydrogen-bond donors (Lipinski definition) is 1. The van der Waals surface area contributed by atoms with Gasteiger partial charge in [-0.05, 0) is 6.08 Å². The normalized spacial score (nSPS) is 33.4. The zero-order valence-electron chi connectivity index (χ0n) is 7.25. The molecule has 5 nitrogen and oxygen atoms in total. The van der Waals surface area contributed by atoms with E-state index >= 15 is 0 Å². The first kappa shape index (κ1) is 7.90.